The van der Waals surface area contributed by atoms with Crippen molar-refractivity contribution in [2.75, 3.05) is 6.54 Å². The Bertz CT molecular complexity index is 875. The van der Waals surface area contributed by atoms with Crippen LogP contribution in [0.25, 0.3) is 0 Å². The summed E-state index contributed by atoms with van der Waals surface area (Å²) < 4.78 is 5.41. The fourth-order valence-electron chi connectivity index (χ4n) is 3.27. The molecule has 2 aromatic rings. The number of carbonyl (C=O) groups is 3. The standard InChI is InChI=1S/C23H26N2O4/c1-23(2,3)29-22(28)25-19(16-18-12-8-5-9-13-18)20(26)24(21(25)27)15-14-17-10-6-4-7-11-17/h4-13,19H,14-16H2,1-3H3/t19-/m0/s1. The zero-order valence-corrected chi connectivity index (χ0v) is 17.0. The number of hydrogen-bond donors (Lipinski definition) is 0. The molecule has 1 atom stereocenters. The Morgan fingerprint density at radius 1 is 0.931 bits per heavy atom. The van der Waals surface area contributed by atoms with Crippen LogP contribution in [0.15, 0.2) is 60.7 Å². The highest BCUT2D eigenvalue weighted by molar-refractivity contribution is 6.10. The smallest absolute Gasteiger partial charge is 0.419 e. The summed E-state index contributed by atoms with van der Waals surface area (Å²) in [5.41, 5.74) is 1.12. The van der Waals surface area contributed by atoms with E-state index in [0.29, 0.717) is 6.42 Å². The number of rotatable bonds is 5. The fraction of sp³-hybridized carbons (Fsp3) is 0.348. The molecular formula is C23H26N2O4. The van der Waals surface area contributed by atoms with Crippen molar-refractivity contribution >= 4 is 18.0 Å². The molecule has 6 nitrogen and oxygen atoms in total. The lowest BCUT2D eigenvalue weighted by Gasteiger charge is -2.25. The van der Waals surface area contributed by atoms with E-state index in [2.05, 4.69) is 0 Å². The van der Waals surface area contributed by atoms with Crippen molar-refractivity contribution in [2.24, 2.45) is 0 Å². The zero-order chi connectivity index (χ0) is 21.0. The van der Waals surface area contributed by atoms with Gasteiger partial charge >= 0.3 is 12.1 Å². The number of amides is 4. The first-order valence-electron chi connectivity index (χ1n) is 9.71. The minimum Gasteiger partial charge on any atom is -0.443 e. The van der Waals surface area contributed by atoms with E-state index in [4.69, 9.17) is 4.74 Å². The van der Waals surface area contributed by atoms with Gasteiger partial charge in [-0.3, -0.25) is 9.69 Å². The van der Waals surface area contributed by atoms with Crippen LogP contribution in [-0.2, 0) is 22.4 Å². The second kappa shape index (κ2) is 8.47. The number of imide groups is 2. The Labute approximate surface area is 171 Å². The molecule has 29 heavy (non-hydrogen) atoms. The summed E-state index contributed by atoms with van der Waals surface area (Å²) >= 11 is 0. The van der Waals surface area contributed by atoms with Crippen LogP contribution in [-0.4, -0.2) is 46.0 Å². The molecule has 0 N–H and O–H groups in total. The molecule has 152 valence electrons. The predicted octanol–water partition coefficient (Wildman–Crippen LogP) is 4.04. The maximum atomic E-state index is 13.1. The Kier molecular flexibility index (Phi) is 6.01. The SMILES string of the molecule is CC(C)(C)OC(=O)N1C(=O)N(CCc2ccccc2)C(=O)[C@@H]1Cc1ccccc1. The maximum Gasteiger partial charge on any atom is 0.419 e. The molecule has 1 aliphatic heterocycles. The number of urea groups is 1. The van der Waals surface area contributed by atoms with Crippen LogP contribution in [0.4, 0.5) is 9.59 Å². The molecule has 1 saturated heterocycles. The molecule has 0 aromatic heterocycles. The number of benzene rings is 2. The summed E-state index contributed by atoms with van der Waals surface area (Å²) in [6.07, 6.45) is -0.00983. The van der Waals surface area contributed by atoms with E-state index in [-0.39, 0.29) is 18.9 Å². The molecule has 0 unspecified atom stereocenters. The molecule has 1 heterocycles. The minimum absolute atomic E-state index is 0.215. The maximum absolute atomic E-state index is 13.1. The summed E-state index contributed by atoms with van der Waals surface area (Å²) in [4.78, 5) is 40.9. The van der Waals surface area contributed by atoms with Gasteiger partial charge in [0.15, 0.2) is 0 Å². The number of carbonyl (C=O) groups excluding carboxylic acids is 3. The molecule has 6 heteroatoms. The van der Waals surface area contributed by atoms with Crippen LogP contribution in [0.2, 0.25) is 0 Å². The van der Waals surface area contributed by atoms with E-state index in [0.717, 1.165) is 20.9 Å². The lowest BCUT2D eigenvalue weighted by molar-refractivity contribution is -0.128. The molecule has 1 fully saturated rings. The van der Waals surface area contributed by atoms with Crippen LogP contribution < -0.4 is 0 Å². The van der Waals surface area contributed by atoms with E-state index in [1.54, 1.807) is 20.8 Å². The molecule has 0 radical (unpaired) electrons. The van der Waals surface area contributed by atoms with Gasteiger partial charge in [0.25, 0.3) is 5.91 Å². The van der Waals surface area contributed by atoms with Gasteiger partial charge in [0.05, 0.1) is 0 Å². The first kappa shape index (κ1) is 20.6. The van der Waals surface area contributed by atoms with Crippen LogP contribution in [0.3, 0.4) is 0 Å². The molecular weight excluding hydrogens is 368 g/mol. The quantitative estimate of drug-likeness (QED) is 0.718. The van der Waals surface area contributed by atoms with Crippen molar-refractivity contribution < 1.29 is 19.1 Å². The van der Waals surface area contributed by atoms with Crippen molar-refractivity contribution in [3.63, 3.8) is 0 Å². The van der Waals surface area contributed by atoms with Gasteiger partial charge in [-0.1, -0.05) is 60.7 Å². The highest BCUT2D eigenvalue weighted by atomic mass is 16.6. The van der Waals surface area contributed by atoms with Crippen LogP contribution in [0, 0.1) is 0 Å². The van der Waals surface area contributed by atoms with Crippen LogP contribution >= 0.6 is 0 Å². The summed E-state index contributed by atoms with van der Waals surface area (Å²) in [6, 6.07) is 17.4. The van der Waals surface area contributed by atoms with Crippen molar-refractivity contribution in [1.29, 1.82) is 0 Å². The highest BCUT2D eigenvalue weighted by Crippen LogP contribution is 2.24. The largest absolute Gasteiger partial charge is 0.443 e. The number of hydrogen-bond acceptors (Lipinski definition) is 4. The average molecular weight is 394 g/mol. The van der Waals surface area contributed by atoms with E-state index in [9.17, 15) is 14.4 Å². The second-order valence-electron chi connectivity index (χ2n) is 8.06. The Morgan fingerprint density at radius 2 is 1.48 bits per heavy atom. The first-order valence-corrected chi connectivity index (χ1v) is 9.71. The van der Waals surface area contributed by atoms with Gasteiger partial charge < -0.3 is 4.74 Å². The molecule has 0 saturated carbocycles. The van der Waals surface area contributed by atoms with Crippen molar-refractivity contribution in [3.8, 4) is 0 Å². The van der Waals surface area contributed by atoms with E-state index in [1.807, 2.05) is 60.7 Å². The van der Waals surface area contributed by atoms with E-state index >= 15 is 0 Å². The van der Waals surface area contributed by atoms with Gasteiger partial charge in [-0.05, 0) is 38.3 Å². The molecule has 3 rings (SSSR count). The molecule has 0 spiro atoms. The lowest BCUT2D eigenvalue weighted by Crippen LogP contribution is -2.44. The minimum atomic E-state index is -0.907. The predicted molar refractivity (Wildman–Crippen MR) is 109 cm³/mol. The van der Waals surface area contributed by atoms with Gasteiger partial charge in [-0.15, -0.1) is 0 Å². The molecule has 0 aliphatic carbocycles. The topological polar surface area (TPSA) is 66.9 Å². The normalized spacial score (nSPS) is 17.0. The van der Waals surface area contributed by atoms with Gasteiger partial charge in [0.1, 0.15) is 11.6 Å². The Hall–Kier alpha value is -3.15. The fourth-order valence-corrected chi connectivity index (χ4v) is 3.27. The first-order chi connectivity index (χ1) is 13.8. The summed E-state index contributed by atoms with van der Waals surface area (Å²) in [6.45, 7) is 5.40. The molecule has 4 amide bonds. The van der Waals surface area contributed by atoms with Crippen molar-refractivity contribution in [3.05, 3.63) is 71.8 Å². The average Bonchev–Trinajstić information content (AvgIpc) is 2.90. The monoisotopic (exact) mass is 394 g/mol. The van der Waals surface area contributed by atoms with Gasteiger partial charge in [0, 0.05) is 13.0 Å². The summed E-state index contributed by atoms with van der Waals surface area (Å²) in [5.74, 6) is -0.374. The lowest BCUT2D eigenvalue weighted by atomic mass is 10.1. The second-order valence-corrected chi connectivity index (χ2v) is 8.06. The van der Waals surface area contributed by atoms with E-state index < -0.39 is 23.8 Å². The third-order valence-electron chi connectivity index (χ3n) is 4.63. The number of nitrogens with zero attached hydrogens (tertiary/aromatic N) is 2. The summed E-state index contributed by atoms with van der Waals surface area (Å²) in [5, 5.41) is 0. The van der Waals surface area contributed by atoms with E-state index in [1.165, 1.54) is 0 Å². The Morgan fingerprint density at radius 3 is 2.03 bits per heavy atom. The Balaban J connectivity index is 1.83. The van der Waals surface area contributed by atoms with Gasteiger partial charge in [-0.2, -0.15) is 0 Å². The van der Waals surface area contributed by atoms with Gasteiger partial charge in [-0.25, -0.2) is 14.5 Å². The molecule has 0 bridgehead atoms. The van der Waals surface area contributed by atoms with Crippen LogP contribution in [0.5, 0.6) is 0 Å². The third-order valence-corrected chi connectivity index (χ3v) is 4.63. The van der Waals surface area contributed by atoms with Crippen molar-refractivity contribution in [1.82, 2.24) is 9.80 Å². The number of ether oxygens (including phenoxy) is 1. The summed E-state index contributed by atoms with van der Waals surface area (Å²) in [7, 11) is 0. The highest BCUT2D eigenvalue weighted by Gasteiger charge is 2.49. The third kappa shape index (κ3) is 5.02. The van der Waals surface area contributed by atoms with Gasteiger partial charge in [0.2, 0.25) is 0 Å². The van der Waals surface area contributed by atoms with Crippen molar-refractivity contribution in [2.45, 2.75) is 45.3 Å². The molecule has 2 aromatic carbocycles. The van der Waals surface area contributed by atoms with Crippen LogP contribution in [0.1, 0.15) is 31.9 Å². The molecule has 1 aliphatic rings. The zero-order valence-electron chi connectivity index (χ0n) is 17.0.